The number of hydrogen-bond acceptors (Lipinski definition) is 4. The highest BCUT2D eigenvalue weighted by atomic mass is 19.4. The molecule has 1 aliphatic rings. The Bertz CT molecular complexity index is 1560. The van der Waals surface area contributed by atoms with Crippen molar-refractivity contribution in [2.24, 2.45) is 0 Å². The lowest BCUT2D eigenvalue weighted by molar-refractivity contribution is -0.261. The lowest BCUT2D eigenvalue weighted by Gasteiger charge is -2.51. The third-order valence-corrected chi connectivity index (χ3v) is 7.55. The summed E-state index contributed by atoms with van der Waals surface area (Å²) in [6.07, 6.45) is -9.40. The summed E-state index contributed by atoms with van der Waals surface area (Å²) in [6.45, 7) is -2.71. The first-order valence-corrected chi connectivity index (χ1v) is 13.4. The van der Waals surface area contributed by atoms with Crippen molar-refractivity contribution in [2.45, 2.75) is 43.5 Å². The summed E-state index contributed by atoms with van der Waals surface area (Å²) in [6, 6.07) is 14.8. The maximum Gasteiger partial charge on any atom is 0.406 e. The molecular weight excluding hydrogens is 576 g/mol. The van der Waals surface area contributed by atoms with E-state index in [1.54, 1.807) is 60.7 Å². The van der Waals surface area contributed by atoms with Crippen molar-refractivity contribution in [1.29, 1.82) is 0 Å². The molecule has 1 N–H and O–H groups in total. The van der Waals surface area contributed by atoms with Crippen LogP contribution in [0.5, 0.6) is 0 Å². The second kappa shape index (κ2) is 12.1. The molecule has 12 heteroatoms. The van der Waals surface area contributed by atoms with Gasteiger partial charge in [0.15, 0.2) is 0 Å². The molecule has 2 unspecified atom stereocenters. The summed E-state index contributed by atoms with van der Waals surface area (Å²) in [4.78, 5) is 30.1. The Balaban J connectivity index is 1.56. The molecule has 5 rings (SSSR count). The number of carbonyl (C=O) groups is 2. The minimum atomic E-state index is -5.25. The van der Waals surface area contributed by atoms with Gasteiger partial charge in [0.1, 0.15) is 18.7 Å². The van der Waals surface area contributed by atoms with Gasteiger partial charge < -0.3 is 14.6 Å². The maximum absolute atomic E-state index is 15.0. The van der Waals surface area contributed by atoms with Crippen LogP contribution in [0.3, 0.4) is 0 Å². The molecular formula is C31H27F6N3O3. The SMILES string of the molecule is O=C(CN1C(C(F)(F)F)CN(C(=O)c2ccccc2)[C@H](Cc2c[nH]c3ccccc23)C1C(F)(F)F)OCc1ccccc1. The van der Waals surface area contributed by atoms with Crippen LogP contribution in [0.1, 0.15) is 21.5 Å². The Morgan fingerprint density at radius 3 is 2.12 bits per heavy atom. The molecule has 1 saturated heterocycles. The first-order chi connectivity index (χ1) is 20.4. The zero-order valence-electron chi connectivity index (χ0n) is 22.6. The molecule has 0 spiro atoms. The average molecular weight is 604 g/mol. The number of esters is 1. The topological polar surface area (TPSA) is 65.6 Å². The van der Waals surface area contributed by atoms with E-state index >= 15 is 0 Å². The van der Waals surface area contributed by atoms with Crippen LogP contribution in [0, 0.1) is 0 Å². The van der Waals surface area contributed by atoms with Crippen LogP contribution < -0.4 is 0 Å². The summed E-state index contributed by atoms with van der Waals surface area (Å²) in [5.41, 5.74) is 1.47. The number of fused-ring (bicyclic) bond motifs is 1. The number of rotatable bonds is 7. The van der Waals surface area contributed by atoms with Gasteiger partial charge in [-0.15, -0.1) is 0 Å². The minimum Gasteiger partial charge on any atom is -0.460 e. The highest BCUT2D eigenvalue weighted by Gasteiger charge is 2.61. The molecule has 4 aromatic rings. The van der Waals surface area contributed by atoms with Gasteiger partial charge in [0.05, 0.1) is 12.6 Å². The molecule has 1 aromatic heterocycles. The van der Waals surface area contributed by atoms with E-state index in [9.17, 15) is 35.9 Å². The number of carbonyl (C=O) groups excluding carboxylic acids is 2. The highest BCUT2D eigenvalue weighted by molar-refractivity contribution is 5.94. The van der Waals surface area contributed by atoms with Gasteiger partial charge in [-0.1, -0.05) is 66.7 Å². The molecule has 3 aromatic carbocycles. The number of benzene rings is 3. The number of aromatic nitrogens is 1. The fourth-order valence-electron chi connectivity index (χ4n) is 5.58. The van der Waals surface area contributed by atoms with Crippen molar-refractivity contribution in [3.05, 3.63) is 108 Å². The van der Waals surface area contributed by atoms with Gasteiger partial charge in [-0.25, -0.2) is 0 Å². The fourth-order valence-corrected chi connectivity index (χ4v) is 5.58. The lowest BCUT2D eigenvalue weighted by atomic mass is 9.90. The zero-order valence-corrected chi connectivity index (χ0v) is 22.6. The third-order valence-electron chi connectivity index (χ3n) is 7.55. The molecule has 1 amide bonds. The predicted molar refractivity (Wildman–Crippen MR) is 146 cm³/mol. The number of H-pyrrole nitrogens is 1. The number of amides is 1. The predicted octanol–water partition coefficient (Wildman–Crippen LogP) is 6.14. The molecule has 226 valence electrons. The first kappa shape index (κ1) is 30.1. The highest BCUT2D eigenvalue weighted by Crippen LogP contribution is 2.41. The summed E-state index contributed by atoms with van der Waals surface area (Å²) in [5.74, 6) is -2.22. The number of nitrogens with one attached hydrogen (secondary N) is 1. The van der Waals surface area contributed by atoms with Gasteiger partial charge in [-0.05, 0) is 35.7 Å². The normalized spacial score (nSPS) is 19.9. The molecule has 3 atom stereocenters. The Kier molecular flexibility index (Phi) is 8.50. The monoisotopic (exact) mass is 603 g/mol. The van der Waals surface area contributed by atoms with Crippen molar-refractivity contribution < 1.29 is 40.7 Å². The van der Waals surface area contributed by atoms with E-state index in [1.165, 1.54) is 30.5 Å². The second-order valence-corrected chi connectivity index (χ2v) is 10.3. The van der Waals surface area contributed by atoms with Crippen molar-refractivity contribution >= 4 is 22.8 Å². The molecule has 0 aliphatic carbocycles. The van der Waals surface area contributed by atoms with Crippen molar-refractivity contribution in [3.63, 3.8) is 0 Å². The Labute approximate surface area is 242 Å². The van der Waals surface area contributed by atoms with Crippen molar-refractivity contribution in [1.82, 2.24) is 14.8 Å². The molecule has 6 nitrogen and oxygen atoms in total. The zero-order chi connectivity index (χ0) is 30.8. The minimum absolute atomic E-state index is 0.0519. The van der Waals surface area contributed by atoms with Crippen LogP contribution >= 0.6 is 0 Å². The quantitative estimate of drug-likeness (QED) is 0.204. The largest absolute Gasteiger partial charge is 0.460 e. The molecule has 0 bridgehead atoms. The van der Waals surface area contributed by atoms with Crippen molar-refractivity contribution in [3.8, 4) is 0 Å². The molecule has 0 saturated carbocycles. The third kappa shape index (κ3) is 6.69. The van der Waals surface area contributed by atoms with Gasteiger partial charge in [0.2, 0.25) is 0 Å². The number of para-hydroxylation sites is 1. The van der Waals surface area contributed by atoms with Crippen LogP contribution in [0.15, 0.2) is 91.1 Å². The van der Waals surface area contributed by atoms with Crippen LogP contribution in [-0.4, -0.2) is 70.2 Å². The standard InChI is InChI=1S/C31H27F6N3O3/c32-30(33,34)26-17-39(29(42)21-11-5-2-6-12-21)25(15-22-16-38-24-14-8-7-13-23(22)24)28(31(35,36)37)40(26)18-27(41)43-19-20-9-3-1-4-10-20/h1-14,16,25-26,28,38H,15,17-19H2/t25-,26?,28?/m1/s1. The maximum atomic E-state index is 15.0. The summed E-state index contributed by atoms with van der Waals surface area (Å²) in [5, 5.41) is 0.572. The summed E-state index contributed by atoms with van der Waals surface area (Å²) in [7, 11) is 0. The Hall–Kier alpha value is -4.32. The van der Waals surface area contributed by atoms with Gasteiger partial charge in [0.25, 0.3) is 5.91 Å². The molecule has 1 aliphatic heterocycles. The van der Waals surface area contributed by atoms with Crippen LogP contribution in [0.25, 0.3) is 10.9 Å². The van der Waals surface area contributed by atoms with Gasteiger partial charge in [-0.3, -0.25) is 14.5 Å². The number of alkyl halides is 6. The van der Waals surface area contributed by atoms with Gasteiger partial charge in [-0.2, -0.15) is 26.3 Å². The Morgan fingerprint density at radius 1 is 0.837 bits per heavy atom. The van der Waals surface area contributed by atoms with Crippen molar-refractivity contribution in [2.75, 3.05) is 13.1 Å². The van der Waals surface area contributed by atoms with Crippen LogP contribution in [0.4, 0.5) is 26.3 Å². The number of piperazine rings is 1. The smallest absolute Gasteiger partial charge is 0.406 e. The molecule has 1 fully saturated rings. The van der Waals surface area contributed by atoms with E-state index < -0.39 is 61.9 Å². The van der Waals surface area contributed by atoms with E-state index in [2.05, 4.69) is 4.98 Å². The van der Waals surface area contributed by atoms with Gasteiger partial charge in [0, 0.05) is 29.2 Å². The van der Waals surface area contributed by atoms with E-state index in [-0.39, 0.29) is 17.1 Å². The van der Waals surface area contributed by atoms with Gasteiger partial charge >= 0.3 is 18.3 Å². The number of nitrogens with zero attached hydrogens (tertiary/aromatic N) is 2. The summed E-state index contributed by atoms with van der Waals surface area (Å²) >= 11 is 0. The van der Waals surface area contributed by atoms with E-state index in [0.717, 1.165) is 0 Å². The fraction of sp³-hybridized carbons (Fsp3) is 0.290. The molecule has 0 radical (unpaired) electrons. The number of aromatic amines is 1. The van der Waals surface area contributed by atoms with E-state index in [1.807, 2.05) is 0 Å². The number of ether oxygens (including phenoxy) is 1. The first-order valence-electron chi connectivity index (χ1n) is 13.4. The summed E-state index contributed by atoms with van der Waals surface area (Å²) < 4.78 is 93.5. The Morgan fingerprint density at radius 2 is 1.47 bits per heavy atom. The number of hydrogen-bond donors (Lipinski definition) is 1. The number of halogens is 6. The van der Waals surface area contributed by atoms with E-state index in [4.69, 9.17) is 4.74 Å². The van der Waals surface area contributed by atoms with Crippen LogP contribution in [0.2, 0.25) is 0 Å². The van der Waals surface area contributed by atoms with E-state index in [0.29, 0.717) is 26.9 Å². The average Bonchev–Trinajstić information content (AvgIpc) is 3.38. The van der Waals surface area contributed by atoms with Crippen LogP contribution in [-0.2, 0) is 22.6 Å². The molecule has 2 heterocycles. The molecule has 43 heavy (non-hydrogen) atoms. The lowest BCUT2D eigenvalue weighted by Crippen LogP contribution is -2.73. The second-order valence-electron chi connectivity index (χ2n) is 10.3.